The number of allylic oxidation sites excluding steroid dienone is 1. The molecule has 0 rings (SSSR count). The molecule has 0 fully saturated rings. The Hall–Kier alpha value is 0.170. The average Bonchev–Trinajstić information content (AvgIpc) is 1.83. The van der Waals surface area contributed by atoms with Gasteiger partial charge in [-0.2, -0.15) is 0 Å². The molecule has 0 heterocycles. The van der Waals surface area contributed by atoms with Gasteiger partial charge in [-0.3, -0.25) is 0 Å². The van der Waals surface area contributed by atoms with E-state index in [9.17, 15) is 0 Å². The van der Waals surface area contributed by atoms with E-state index in [1.165, 1.54) is 0 Å². The summed E-state index contributed by atoms with van der Waals surface area (Å²) in [6.45, 7) is 3.78. The fourth-order valence-electron chi connectivity index (χ4n) is 0.330. The summed E-state index contributed by atoms with van der Waals surface area (Å²) < 4.78 is 1.92. The largest absolute Gasteiger partial charge is 0.396 e. The van der Waals surface area contributed by atoms with Crippen LogP contribution in [0.4, 0.5) is 0 Å². The number of aliphatic hydroxyl groups is 1. The van der Waals surface area contributed by atoms with Gasteiger partial charge < -0.3 is 5.11 Å². The van der Waals surface area contributed by atoms with E-state index in [1.54, 1.807) is 6.08 Å². The number of rotatable bonds is 3. The van der Waals surface area contributed by atoms with Crippen LogP contribution in [0.3, 0.4) is 0 Å². The molecule has 0 amide bonds. The molecule has 2 heteroatoms. The molecular formula is C6H9IO. The summed E-state index contributed by atoms with van der Waals surface area (Å²) in [6.07, 6.45) is 2.47. The standard InChI is InChI=1S/C6H9IO/c1-2-6(5-7)3-4-8/h2,5,8H,1,3-4H2/b6-5+. The molecule has 0 aromatic rings. The molecule has 0 aliphatic heterocycles. The molecule has 1 N–H and O–H groups in total. The summed E-state index contributed by atoms with van der Waals surface area (Å²) in [7, 11) is 0. The minimum atomic E-state index is 0.209. The molecule has 0 atom stereocenters. The lowest BCUT2D eigenvalue weighted by molar-refractivity contribution is 0.300. The lowest BCUT2D eigenvalue weighted by Gasteiger charge is -1.91. The molecule has 0 saturated heterocycles. The van der Waals surface area contributed by atoms with Gasteiger partial charge in [-0.25, -0.2) is 0 Å². The third kappa shape index (κ3) is 3.21. The molecule has 0 aliphatic carbocycles. The molecule has 46 valence electrons. The van der Waals surface area contributed by atoms with E-state index in [0.29, 0.717) is 6.42 Å². The van der Waals surface area contributed by atoms with E-state index >= 15 is 0 Å². The number of hydrogen-bond donors (Lipinski definition) is 1. The third-order valence-electron chi connectivity index (χ3n) is 0.803. The lowest BCUT2D eigenvalue weighted by atomic mass is 10.2. The maximum Gasteiger partial charge on any atom is 0.0471 e. The molecule has 0 unspecified atom stereocenters. The van der Waals surface area contributed by atoms with Crippen molar-refractivity contribution in [1.29, 1.82) is 0 Å². The van der Waals surface area contributed by atoms with Gasteiger partial charge in [0, 0.05) is 6.61 Å². The smallest absolute Gasteiger partial charge is 0.0471 e. The molecule has 0 saturated carbocycles. The fraction of sp³-hybridized carbons (Fsp3) is 0.333. The molecular weight excluding hydrogens is 215 g/mol. The van der Waals surface area contributed by atoms with E-state index < -0.39 is 0 Å². The monoisotopic (exact) mass is 224 g/mol. The summed E-state index contributed by atoms with van der Waals surface area (Å²) >= 11 is 2.13. The van der Waals surface area contributed by atoms with Crippen molar-refractivity contribution in [3.05, 3.63) is 22.3 Å². The van der Waals surface area contributed by atoms with Crippen molar-refractivity contribution in [2.24, 2.45) is 0 Å². The molecule has 0 aromatic carbocycles. The molecule has 0 aromatic heterocycles. The van der Waals surface area contributed by atoms with Crippen LogP contribution in [0.5, 0.6) is 0 Å². The zero-order valence-corrected chi connectivity index (χ0v) is 6.76. The first-order valence-corrected chi connectivity index (χ1v) is 3.62. The quantitative estimate of drug-likeness (QED) is 0.573. The van der Waals surface area contributed by atoms with Gasteiger partial charge in [0.25, 0.3) is 0 Å². The Balaban J connectivity index is 3.54. The molecule has 0 spiro atoms. The van der Waals surface area contributed by atoms with Crippen LogP contribution < -0.4 is 0 Å². The van der Waals surface area contributed by atoms with Crippen LogP contribution in [0.25, 0.3) is 0 Å². The SMILES string of the molecule is C=C/C(=C\I)CCO. The third-order valence-corrected chi connectivity index (χ3v) is 1.60. The zero-order valence-electron chi connectivity index (χ0n) is 4.60. The maximum absolute atomic E-state index is 8.41. The first-order valence-electron chi connectivity index (χ1n) is 2.37. The maximum atomic E-state index is 8.41. The predicted molar refractivity (Wildman–Crippen MR) is 44.0 cm³/mol. The van der Waals surface area contributed by atoms with Crippen LogP contribution in [-0.4, -0.2) is 11.7 Å². The Morgan fingerprint density at radius 3 is 2.50 bits per heavy atom. The van der Waals surface area contributed by atoms with Crippen molar-refractivity contribution in [2.45, 2.75) is 6.42 Å². The van der Waals surface area contributed by atoms with Gasteiger partial charge in [0.15, 0.2) is 0 Å². The highest BCUT2D eigenvalue weighted by Gasteiger charge is 1.85. The van der Waals surface area contributed by atoms with Crippen molar-refractivity contribution in [3.8, 4) is 0 Å². The Morgan fingerprint density at radius 2 is 2.38 bits per heavy atom. The minimum absolute atomic E-state index is 0.209. The Morgan fingerprint density at radius 1 is 1.75 bits per heavy atom. The van der Waals surface area contributed by atoms with Gasteiger partial charge in [-0.1, -0.05) is 35.2 Å². The van der Waals surface area contributed by atoms with E-state index in [4.69, 9.17) is 5.11 Å². The van der Waals surface area contributed by atoms with Gasteiger partial charge in [-0.05, 0) is 16.1 Å². The van der Waals surface area contributed by atoms with Crippen LogP contribution in [0.1, 0.15) is 6.42 Å². The molecule has 1 nitrogen and oxygen atoms in total. The Labute approximate surface area is 63.2 Å². The second-order valence-electron chi connectivity index (χ2n) is 1.36. The number of hydrogen-bond acceptors (Lipinski definition) is 1. The van der Waals surface area contributed by atoms with Gasteiger partial charge >= 0.3 is 0 Å². The van der Waals surface area contributed by atoms with Gasteiger partial charge in [0.1, 0.15) is 0 Å². The summed E-state index contributed by atoms with van der Waals surface area (Å²) in [6, 6.07) is 0. The normalized spacial score (nSPS) is 11.5. The summed E-state index contributed by atoms with van der Waals surface area (Å²) in [5, 5.41) is 8.41. The Bertz CT molecular complexity index is 96.7. The highest BCUT2D eigenvalue weighted by Crippen LogP contribution is 2.03. The van der Waals surface area contributed by atoms with E-state index in [-0.39, 0.29) is 6.61 Å². The molecule has 0 bridgehead atoms. The topological polar surface area (TPSA) is 20.2 Å². The second-order valence-corrected chi connectivity index (χ2v) is 1.98. The van der Waals surface area contributed by atoms with Crippen molar-refractivity contribution in [1.82, 2.24) is 0 Å². The minimum Gasteiger partial charge on any atom is -0.396 e. The fourth-order valence-corrected chi connectivity index (χ4v) is 0.896. The first-order chi connectivity index (χ1) is 3.85. The first kappa shape index (κ1) is 8.17. The summed E-state index contributed by atoms with van der Waals surface area (Å²) in [4.78, 5) is 0. The van der Waals surface area contributed by atoms with Crippen LogP contribution in [0, 0.1) is 0 Å². The van der Waals surface area contributed by atoms with Gasteiger partial charge in [0.2, 0.25) is 0 Å². The molecule has 8 heavy (non-hydrogen) atoms. The zero-order chi connectivity index (χ0) is 6.41. The van der Waals surface area contributed by atoms with Crippen LogP contribution in [-0.2, 0) is 0 Å². The van der Waals surface area contributed by atoms with Crippen molar-refractivity contribution in [3.63, 3.8) is 0 Å². The lowest BCUT2D eigenvalue weighted by Crippen LogP contribution is -1.82. The Kier molecular flexibility index (Phi) is 5.42. The van der Waals surface area contributed by atoms with Crippen LogP contribution in [0.15, 0.2) is 22.3 Å². The summed E-state index contributed by atoms with van der Waals surface area (Å²) in [5.41, 5.74) is 1.09. The average molecular weight is 224 g/mol. The molecule has 0 aliphatic rings. The number of halogens is 1. The highest BCUT2D eigenvalue weighted by atomic mass is 127. The van der Waals surface area contributed by atoms with Crippen molar-refractivity contribution < 1.29 is 5.11 Å². The predicted octanol–water partition coefficient (Wildman–Crippen LogP) is 1.87. The van der Waals surface area contributed by atoms with E-state index in [1.807, 2.05) is 4.08 Å². The van der Waals surface area contributed by atoms with Crippen LogP contribution >= 0.6 is 22.6 Å². The highest BCUT2D eigenvalue weighted by molar-refractivity contribution is 14.1. The van der Waals surface area contributed by atoms with Crippen molar-refractivity contribution in [2.75, 3.05) is 6.61 Å². The van der Waals surface area contributed by atoms with E-state index in [2.05, 4.69) is 29.2 Å². The molecule has 0 radical (unpaired) electrons. The summed E-state index contributed by atoms with van der Waals surface area (Å²) in [5.74, 6) is 0. The van der Waals surface area contributed by atoms with Crippen molar-refractivity contribution >= 4 is 22.6 Å². The van der Waals surface area contributed by atoms with E-state index in [0.717, 1.165) is 5.57 Å². The second kappa shape index (κ2) is 5.31. The number of aliphatic hydroxyl groups excluding tert-OH is 1. The van der Waals surface area contributed by atoms with Gasteiger partial charge in [0.05, 0.1) is 0 Å². The van der Waals surface area contributed by atoms with Crippen LogP contribution in [0.2, 0.25) is 0 Å². The van der Waals surface area contributed by atoms with Gasteiger partial charge in [-0.15, -0.1) is 0 Å².